The molecule has 1 heterocycles. The Morgan fingerprint density at radius 3 is 2.57 bits per heavy atom. The summed E-state index contributed by atoms with van der Waals surface area (Å²) in [5.74, 6) is 1.39. The van der Waals surface area contributed by atoms with Crippen LogP contribution in [0.5, 0.6) is 0 Å². The predicted octanol–water partition coefficient (Wildman–Crippen LogP) is 3.34. The molecular weight excluding hydrogens is 356 g/mol. The maximum atomic E-state index is 5.93. The summed E-state index contributed by atoms with van der Waals surface area (Å²) >= 11 is 3.34. The summed E-state index contributed by atoms with van der Waals surface area (Å²) < 4.78 is 6.84. The molecule has 1 aliphatic rings. The van der Waals surface area contributed by atoms with Crippen LogP contribution < -0.4 is 5.32 Å². The van der Waals surface area contributed by atoms with Gasteiger partial charge < -0.3 is 15.0 Å². The molecule has 0 amide bonds. The second kappa shape index (κ2) is 10.0. The predicted molar refractivity (Wildman–Crippen MR) is 97.6 cm³/mol. The standard InChI is InChI=1S/C17H27BrN4O/c1-22(2)9-3-4-10-23-16-7-5-14(6-8-16)11-19-17-20-12-15(18)13-21-17/h3-4,12-14,16H,5-11H2,1-2H3,(H,19,20,21)/b4-3+/t14-,16-. The van der Waals surface area contributed by atoms with Gasteiger partial charge in [-0.1, -0.05) is 12.2 Å². The molecule has 0 atom stereocenters. The van der Waals surface area contributed by atoms with Crippen LogP contribution in [0.2, 0.25) is 0 Å². The van der Waals surface area contributed by atoms with E-state index in [1.54, 1.807) is 12.4 Å². The van der Waals surface area contributed by atoms with Crippen LogP contribution in [0, 0.1) is 5.92 Å². The molecule has 23 heavy (non-hydrogen) atoms. The van der Waals surface area contributed by atoms with Crippen LogP contribution in [-0.2, 0) is 4.74 Å². The summed E-state index contributed by atoms with van der Waals surface area (Å²) in [5, 5.41) is 3.33. The van der Waals surface area contributed by atoms with Crippen LogP contribution in [0.25, 0.3) is 0 Å². The number of rotatable bonds is 8. The summed E-state index contributed by atoms with van der Waals surface area (Å²) in [6.45, 7) is 2.64. The zero-order valence-electron chi connectivity index (χ0n) is 14.0. The van der Waals surface area contributed by atoms with Crippen molar-refractivity contribution in [3.05, 3.63) is 29.0 Å². The first-order valence-electron chi connectivity index (χ1n) is 8.26. The summed E-state index contributed by atoms with van der Waals surface area (Å²) in [6, 6.07) is 0. The molecule has 0 spiro atoms. The first-order chi connectivity index (χ1) is 11.1. The van der Waals surface area contributed by atoms with Crippen LogP contribution in [0.3, 0.4) is 0 Å². The summed E-state index contributed by atoms with van der Waals surface area (Å²) in [6.07, 6.45) is 12.9. The van der Waals surface area contributed by atoms with Gasteiger partial charge in [0.25, 0.3) is 0 Å². The summed E-state index contributed by atoms with van der Waals surface area (Å²) in [5.41, 5.74) is 0. The van der Waals surface area contributed by atoms with Crippen molar-refractivity contribution in [1.82, 2.24) is 14.9 Å². The average Bonchev–Trinajstić information content (AvgIpc) is 2.55. The van der Waals surface area contributed by atoms with Crippen LogP contribution in [0.15, 0.2) is 29.0 Å². The van der Waals surface area contributed by atoms with Crippen molar-refractivity contribution in [1.29, 1.82) is 0 Å². The third kappa shape index (κ3) is 7.42. The van der Waals surface area contributed by atoms with Crippen molar-refractivity contribution in [3.8, 4) is 0 Å². The SMILES string of the molecule is CN(C)C/C=C/CO[C@H]1CC[C@H](CNc2ncc(Br)cn2)CC1. The summed E-state index contributed by atoms with van der Waals surface area (Å²) in [4.78, 5) is 10.6. The molecule has 2 rings (SSSR count). The van der Waals surface area contributed by atoms with Gasteiger partial charge in [-0.25, -0.2) is 9.97 Å². The Kier molecular flexibility index (Phi) is 7.99. The average molecular weight is 383 g/mol. The van der Waals surface area contributed by atoms with Crippen molar-refractivity contribution in [2.45, 2.75) is 31.8 Å². The van der Waals surface area contributed by atoms with E-state index in [-0.39, 0.29) is 0 Å². The first-order valence-corrected chi connectivity index (χ1v) is 9.05. The van der Waals surface area contributed by atoms with Gasteiger partial charge >= 0.3 is 0 Å². The molecule has 0 saturated heterocycles. The van der Waals surface area contributed by atoms with E-state index in [9.17, 15) is 0 Å². The van der Waals surface area contributed by atoms with Crippen molar-refractivity contribution in [2.24, 2.45) is 5.92 Å². The summed E-state index contributed by atoms with van der Waals surface area (Å²) in [7, 11) is 4.14. The molecule has 1 saturated carbocycles. The minimum Gasteiger partial charge on any atom is -0.374 e. The fourth-order valence-electron chi connectivity index (χ4n) is 2.69. The number of hydrogen-bond acceptors (Lipinski definition) is 5. The highest BCUT2D eigenvalue weighted by Crippen LogP contribution is 2.26. The third-order valence-electron chi connectivity index (χ3n) is 4.03. The van der Waals surface area contributed by atoms with E-state index < -0.39 is 0 Å². The van der Waals surface area contributed by atoms with Crippen LogP contribution >= 0.6 is 15.9 Å². The van der Waals surface area contributed by atoms with Gasteiger partial charge in [0.05, 0.1) is 17.2 Å². The van der Waals surface area contributed by atoms with E-state index >= 15 is 0 Å². The highest BCUT2D eigenvalue weighted by molar-refractivity contribution is 9.10. The van der Waals surface area contributed by atoms with Gasteiger partial charge in [-0.05, 0) is 61.6 Å². The molecule has 6 heteroatoms. The van der Waals surface area contributed by atoms with Gasteiger partial charge in [-0.2, -0.15) is 0 Å². The number of likely N-dealkylation sites (N-methyl/N-ethyl adjacent to an activating group) is 1. The Bertz CT molecular complexity index is 470. The topological polar surface area (TPSA) is 50.3 Å². The van der Waals surface area contributed by atoms with E-state index in [0.717, 1.165) is 37.0 Å². The molecule has 128 valence electrons. The molecule has 5 nitrogen and oxygen atoms in total. The Labute approximate surface area is 147 Å². The largest absolute Gasteiger partial charge is 0.374 e. The van der Waals surface area contributed by atoms with Gasteiger partial charge in [0.2, 0.25) is 5.95 Å². The lowest BCUT2D eigenvalue weighted by Gasteiger charge is -2.28. The van der Waals surface area contributed by atoms with Crippen molar-refractivity contribution in [3.63, 3.8) is 0 Å². The van der Waals surface area contributed by atoms with E-state index in [2.05, 4.69) is 62.4 Å². The quantitative estimate of drug-likeness (QED) is 0.698. The Hall–Kier alpha value is -0.980. The fraction of sp³-hybridized carbons (Fsp3) is 0.647. The van der Waals surface area contributed by atoms with Crippen LogP contribution in [-0.4, -0.2) is 54.8 Å². The van der Waals surface area contributed by atoms with Crippen LogP contribution in [0.4, 0.5) is 5.95 Å². The molecule has 1 aromatic heterocycles. The van der Waals surface area contributed by atoms with Gasteiger partial charge in [-0.15, -0.1) is 0 Å². The van der Waals surface area contributed by atoms with E-state index in [4.69, 9.17) is 4.74 Å². The smallest absolute Gasteiger partial charge is 0.222 e. The van der Waals surface area contributed by atoms with Gasteiger partial charge in [0, 0.05) is 25.5 Å². The van der Waals surface area contributed by atoms with Crippen LogP contribution in [0.1, 0.15) is 25.7 Å². The third-order valence-corrected chi connectivity index (χ3v) is 4.44. The molecule has 0 aliphatic heterocycles. The Balaban J connectivity index is 1.58. The second-order valence-corrected chi connectivity index (χ2v) is 7.23. The maximum Gasteiger partial charge on any atom is 0.222 e. The highest BCUT2D eigenvalue weighted by Gasteiger charge is 2.21. The molecule has 1 fully saturated rings. The molecule has 0 bridgehead atoms. The zero-order valence-corrected chi connectivity index (χ0v) is 15.6. The maximum absolute atomic E-state index is 5.93. The molecule has 0 aromatic carbocycles. The van der Waals surface area contributed by atoms with E-state index in [1.807, 2.05) is 0 Å². The Morgan fingerprint density at radius 2 is 1.91 bits per heavy atom. The number of hydrogen-bond donors (Lipinski definition) is 1. The lowest BCUT2D eigenvalue weighted by atomic mass is 9.87. The van der Waals surface area contributed by atoms with Gasteiger partial charge in [0.1, 0.15) is 0 Å². The van der Waals surface area contributed by atoms with Crippen molar-refractivity contribution < 1.29 is 4.74 Å². The second-order valence-electron chi connectivity index (χ2n) is 6.32. The Morgan fingerprint density at radius 1 is 1.22 bits per heavy atom. The normalized spacial score (nSPS) is 21.9. The first kappa shape index (κ1) is 18.4. The molecular formula is C17H27BrN4O. The number of halogens is 1. The monoisotopic (exact) mass is 382 g/mol. The van der Waals surface area contributed by atoms with Gasteiger partial charge in [0.15, 0.2) is 0 Å². The molecule has 1 aromatic rings. The number of aromatic nitrogens is 2. The minimum atomic E-state index is 0.416. The molecule has 1 aliphatic carbocycles. The number of ether oxygens (including phenoxy) is 1. The van der Waals surface area contributed by atoms with Crippen molar-refractivity contribution >= 4 is 21.9 Å². The number of nitrogens with zero attached hydrogens (tertiary/aromatic N) is 3. The number of anilines is 1. The number of nitrogens with one attached hydrogen (secondary N) is 1. The van der Waals surface area contributed by atoms with Crippen molar-refractivity contribution in [2.75, 3.05) is 39.1 Å². The van der Waals surface area contributed by atoms with E-state index in [0.29, 0.717) is 18.0 Å². The van der Waals surface area contributed by atoms with E-state index in [1.165, 1.54) is 12.8 Å². The molecule has 0 radical (unpaired) electrons. The molecule has 1 N–H and O–H groups in total. The zero-order chi connectivity index (χ0) is 16.5. The lowest BCUT2D eigenvalue weighted by Crippen LogP contribution is -2.26. The minimum absolute atomic E-state index is 0.416. The highest BCUT2D eigenvalue weighted by atomic mass is 79.9. The van der Waals surface area contributed by atoms with Gasteiger partial charge in [-0.3, -0.25) is 0 Å². The molecule has 0 unspecified atom stereocenters. The fourth-order valence-corrected chi connectivity index (χ4v) is 2.89. The lowest BCUT2D eigenvalue weighted by molar-refractivity contribution is 0.0360.